The zero-order valence-electron chi connectivity index (χ0n) is 11.2. The lowest BCUT2D eigenvalue weighted by molar-refractivity contribution is 0.391. The van der Waals surface area contributed by atoms with Crippen LogP contribution in [0.5, 0.6) is 0 Å². The number of aromatic nitrogens is 2. The first-order chi connectivity index (χ1) is 8.02. The molecule has 1 atom stereocenters. The van der Waals surface area contributed by atoms with Gasteiger partial charge in [0, 0.05) is 12.2 Å². The molecule has 0 radical (unpaired) electrons. The minimum Gasteiger partial charge on any atom is -0.335 e. The number of aryl methyl sites for hydroxylation is 2. The first-order valence-corrected chi connectivity index (χ1v) is 6.17. The van der Waals surface area contributed by atoms with E-state index in [2.05, 4.69) is 34.8 Å². The molecule has 0 aliphatic heterocycles. The number of nitriles is 1. The summed E-state index contributed by atoms with van der Waals surface area (Å²) >= 11 is 0. The van der Waals surface area contributed by atoms with Gasteiger partial charge >= 0.3 is 0 Å². The molecule has 0 aliphatic carbocycles. The van der Waals surface area contributed by atoms with Gasteiger partial charge in [0.1, 0.15) is 5.54 Å². The summed E-state index contributed by atoms with van der Waals surface area (Å²) < 4.78 is 2.11. The van der Waals surface area contributed by atoms with Gasteiger partial charge in [-0.1, -0.05) is 6.92 Å². The Hall–Kier alpha value is -1.34. The molecule has 0 saturated carbocycles. The Morgan fingerprint density at radius 2 is 2.24 bits per heavy atom. The summed E-state index contributed by atoms with van der Waals surface area (Å²) in [4.78, 5) is 4.26. The summed E-state index contributed by atoms with van der Waals surface area (Å²) in [6, 6.07) is 2.36. The van der Waals surface area contributed by atoms with Crippen LogP contribution in [0.1, 0.15) is 38.1 Å². The molecule has 1 rings (SSSR count). The molecule has 0 aliphatic rings. The minimum absolute atomic E-state index is 0.444. The van der Waals surface area contributed by atoms with Gasteiger partial charge in [-0.05, 0) is 40.2 Å². The van der Waals surface area contributed by atoms with Crippen molar-refractivity contribution in [3.05, 3.63) is 17.7 Å². The largest absolute Gasteiger partial charge is 0.335 e. The number of hydrogen-bond acceptors (Lipinski definition) is 3. The Bertz CT molecular complexity index is 402. The maximum absolute atomic E-state index is 9.23. The van der Waals surface area contributed by atoms with Gasteiger partial charge in [-0.3, -0.25) is 5.32 Å². The summed E-state index contributed by atoms with van der Waals surface area (Å²) in [5.74, 6) is 0. The van der Waals surface area contributed by atoms with Crippen molar-refractivity contribution >= 4 is 0 Å². The fourth-order valence-electron chi connectivity index (χ4n) is 1.70. The molecule has 4 heteroatoms. The number of nitrogens with zero attached hydrogens (tertiary/aromatic N) is 3. The Morgan fingerprint density at radius 1 is 1.53 bits per heavy atom. The van der Waals surface area contributed by atoms with Crippen LogP contribution >= 0.6 is 0 Å². The number of imidazole rings is 1. The molecule has 1 aromatic rings. The molecule has 1 heterocycles. The molecule has 0 aromatic carbocycles. The summed E-state index contributed by atoms with van der Waals surface area (Å²) in [5, 5.41) is 12.5. The fraction of sp³-hybridized carbons (Fsp3) is 0.692. The molecule has 1 aromatic heterocycles. The van der Waals surface area contributed by atoms with Crippen LogP contribution in [0.4, 0.5) is 0 Å². The van der Waals surface area contributed by atoms with E-state index < -0.39 is 5.54 Å². The van der Waals surface area contributed by atoms with Gasteiger partial charge < -0.3 is 4.57 Å². The highest BCUT2D eigenvalue weighted by atomic mass is 15.1. The van der Waals surface area contributed by atoms with Crippen molar-refractivity contribution in [3.63, 3.8) is 0 Å². The summed E-state index contributed by atoms with van der Waals surface area (Å²) in [6.07, 6.45) is 3.68. The van der Waals surface area contributed by atoms with Crippen LogP contribution in [0.25, 0.3) is 0 Å². The fourth-order valence-corrected chi connectivity index (χ4v) is 1.70. The molecule has 0 spiro atoms. The third kappa shape index (κ3) is 3.57. The molecule has 1 unspecified atom stereocenters. The van der Waals surface area contributed by atoms with Gasteiger partial charge in [-0.25, -0.2) is 4.98 Å². The first kappa shape index (κ1) is 13.7. The molecule has 0 saturated heterocycles. The predicted octanol–water partition coefficient (Wildman–Crippen LogP) is 2.17. The topological polar surface area (TPSA) is 53.6 Å². The van der Waals surface area contributed by atoms with E-state index in [1.807, 2.05) is 20.2 Å². The maximum Gasteiger partial charge on any atom is 0.105 e. The minimum atomic E-state index is -0.444. The summed E-state index contributed by atoms with van der Waals surface area (Å²) in [7, 11) is 0. The van der Waals surface area contributed by atoms with Gasteiger partial charge in [0.05, 0.1) is 18.1 Å². The monoisotopic (exact) mass is 234 g/mol. The number of rotatable bonds is 6. The smallest absolute Gasteiger partial charge is 0.105 e. The highest BCUT2D eigenvalue weighted by molar-refractivity contribution is 5.09. The van der Waals surface area contributed by atoms with E-state index in [4.69, 9.17) is 0 Å². The van der Waals surface area contributed by atoms with Gasteiger partial charge in [-0.15, -0.1) is 0 Å². The lowest BCUT2D eigenvalue weighted by atomic mass is 9.99. The maximum atomic E-state index is 9.23. The molecule has 0 bridgehead atoms. The van der Waals surface area contributed by atoms with Crippen molar-refractivity contribution in [2.45, 2.75) is 52.6 Å². The standard InChI is InChI=1S/C13H22N4/c1-5-7-16-13(4,9-14)6-8-17-10-15-11(2)12(17)3/h10,16H,5-8H2,1-4H3. The zero-order valence-corrected chi connectivity index (χ0v) is 11.2. The predicted molar refractivity (Wildman–Crippen MR) is 68.6 cm³/mol. The van der Waals surface area contributed by atoms with Gasteiger partial charge in [0.2, 0.25) is 0 Å². The van der Waals surface area contributed by atoms with Crippen molar-refractivity contribution in [2.24, 2.45) is 0 Å². The van der Waals surface area contributed by atoms with E-state index in [0.717, 1.165) is 31.6 Å². The Balaban J connectivity index is 2.59. The average Bonchev–Trinajstić information content (AvgIpc) is 2.65. The van der Waals surface area contributed by atoms with Gasteiger partial charge in [0.15, 0.2) is 0 Å². The number of nitrogens with one attached hydrogen (secondary N) is 1. The Morgan fingerprint density at radius 3 is 2.71 bits per heavy atom. The number of hydrogen-bond donors (Lipinski definition) is 1. The molecule has 0 fully saturated rings. The van der Waals surface area contributed by atoms with Crippen LogP contribution in [-0.2, 0) is 6.54 Å². The van der Waals surface area contributed by atoms with Crippen molar-refractivity contribution in [2.75, 3.05) is 6.54 Å². The Kier molecular flexibility index (Phi) is 4.71. The summed E-state index contributed by atoms with van der Waals surface area (Å²) in [6.45, 7) is 9.84. The molecular formula is C13H22N4. The SMILES string of the molecule is CCCNC(C)(C#N)CCn1cnc(C)c1C. The highest BCUT2D eigenvalue weighted by Crippen LogP contribution is 2.12. The second kappa shape index (κ2) is 5.83. The quantitative estimate of drug-likeness (QED) is 0.820. The third-order valence-electron chi connectivity index (χ3n) is 3.21. The molecule has 1 N–H and O–H groups in total. The third-order valence-corrected chi connectivity index (χ3v) is 3.21. The second-order valence-electron chi connectivity index (χ2n) is 4.73. The van der Waals surface area contributed by atoms with Crippen LogP contribution in [-0.4, -0.2) is 21.6 Å². The van der Waals surface area contributed by atoms with E-state index >= 15 is 0 Å². The zero-order chi connectivity index (χ0) is 12.9. The lowest BCUT2D eigenvalue weighted by Gasteiger charge is -2.23. The molecule has 17 heavy (non-hydrogen) atoms. The second-order valence-corrected chi connectivity index (χ2v) is 4.73. The molecular weight excluding hydrogens is 212 g/mol. The lowest BCUT2D eigenvalue weighted by Crippen LogP contribution is -2.42. The van der Waals surface area contributed by atoms with E-state index in [1.54, 1.807) is 0 Å². The van der Waals surface area contributed by atoms with Crippen LogP contribution in [0, 0.1) is 25.2 Å². The molecule has 0 amide bonds. The highest BCUT2D eigenvalue weighted by Gasteiger charge is 2.22. The van der Waals surface area contributed by atoms with Gasteiger partial charge in [0.25, 0.3) is 0 Å². The average molecular weight is 234 g/mol. The van der Waals surface area contributed by atoms with E-state index in [-0.39, 0.29) is 0 Å². The summed E-state index contributed by atoms with van der Waals surface area (Å²) in [5.41, 5.74) is 1.80. The first-order valence-electron chi connectivity index (χ1n) is 6.17. The van der Waals surface area contributed by atoms with Crippen molar-refractivity contribution in [1.82, 2.24) is 14.9 Å². The van der Waals surface area contributed by atoms with E-state index in [0.29, 0.717) is 0 Å². The van der Waals surface area contributed by atoms with Crippen LogP contribution in [0.15, 0.2) is 6.33 Å². The van der Waals surface area contributed by atoms with Crippen molar-refractivity contribution in [1.29, 1.82) is 5.26 Å². The van der Waals surface area contributed by atoms with Crippen LogP contribution < -0.4 is 5.32 Å². The van der Waals surface area contributed by atoms with Gasteiger partial charge in [-0.2, -0.15) is 5.26 Å². The van der Waals surface area contributed by atoms with Crippen LogP contribution in [0.3, 0.4) is 0 Å². The van der Waals surface area contributed by atoms with E-state index in [1.165, 1.54) is 5.69 Å². The van der Waals surface area contributed by atoms with Crippen LogP contribution in [0.2, 0.25) is 0 Å². The van der Waals surface area contributed by atoms with Crippen molar-refractivity contribution < 1.29 is 0 Å². The molecule has 4 nitrogen and oxygen atoms in total. The Labute approximate surface area is 104 Å². The normalized spacial score (nSPS) is 14.3. The molecule has 94 valence electrons. The van der Waals surface area contributed by atoms with E-state index in [9.17, 15) is 5.26 Å². The van der Waals surface area contributed by atoms with Crippen molar-refractivity contribution in [3.8, 4) is 6.07 Å².